The van der Waals surface area contributed by atoms with Gasteiger partial charge in [-0.2, -0.15) is 0 Å². The van der Waals surface area contributed by atoms with E-state index in [4.69, 9.17) is 11.6 Å². The Labute approximate surface area is 159 Å². The van der Waals surface area contributed by atoms with Gasteiger partial charge in [-0.1, -0.05) is 39.7 Å². The standard InChI is InChI=1S/C17H14BrClN2O3S/c18-11-5-7-12(8-6-11)20-15-9-25(23,24)10-16(15)21(17(20)22)14-4-2-1-3-13(14)19/h1-8,15-16H,9-10H2/t15-,16-/m1/s1. The lowest BCUT2D eigenvalue weighted by Gasteiger charge is -2.23. The van der Waals surface area contributed by atoms with Crippen LogP contribution in [0.25, 0.3) is 0 Å². The van der Waals surface area contributed by atoms with Crippen molar-refractivity contribution in [3.8, 4) is 0 Å². The molecule has 2 amide bonds. The van der Waals surface area contributed by atoms with E-state index in [2.05, 4.69) is 15.9 Å². The number of hydrogen-bond donors (Lipinski definition) is 0. The molecule has 0 N–H and O–H groups in total. The number of halogens is 2. The van der Waals surface area contributed by atoms with Crippen LogP contribution < -0.4 is 9.80 Å². The maximum atomic E-state index is 13.2. The van der Waals surface area contributed by atoms with Crippen molar-refractivity contribution in [2.24, 2.45) is 0 Å². The second-order valence-corrected chi connectivity index (χ2v) is 9.64. The van der Waals surface area contributed by atoms with E-state index in [0.717, 1.165) is 4.47 Å². The molecule has 0 aromatic heterocycles. The second-order valence-electron chi connectivity index (χ2n) is 6.16. The smallest absolute Gasteiger partial charge is 0.288 e. The van der Waals surface area contributed by atoms with Crippen LogP contribution in [-0.4, -0.2) is 38.0 Å². The Morgan fingerprint density at radius 2 is 1.56 bits per heavy atom. The van der Waals surface area contributed by atoms with Crippen LogP contribution in [0.1, 0.15) is 0 Å². The zero-order valence-corrected chi connectivity index (χ0v) is 16.1. The van der Waals surface area contributed by atoms with Gasteiger partial charge in [0.05, 0.1) is 34.3 Å². The summed E-state index contributed by atoms with van der Waals surface area (Å²) in [7, 11) is -3.22. The lowest BCUT2D eigenvalue weighted by molar-refractivity contribution is 0.255. The molecule has 2 atom stereocenters. The van der Waals surface area contributed by atoms with Crippen molar-refractivity contribution in [2.75, 3.05) is 21.3 Å². The summed E-state index contributed by atoms with van der Waals surface area (Å²) in [4.78, 5) is 16.3. The van der Waals surface area contributed by atoms with Crippen LogP contribution >= 0.6 is 27.5 Å². The molecule has 4 rings (SSSR count). The van der Waals surface area contributed by atoms with E-state index in [1.54, 1.807) is 41.3 Å². The lowest BCUT2D eigenvalue weighted by atomic mass is 10.1. The fourth-order valence-electron chi connectivity index (χ4n) is 3.54. The third-order valence-corrected chi connectivity index (χ3v) is 7.13. The van der Waals surface area contributed by atoms with Crippen molar-refractivity contribution < 1.29 is 13.2 Å². The molecule has 5 nitrogen and oxygen atoms in total. The van der Waals surface area contributed by atoms with Gasteiger partial charge in [-0.25, -0.2) is 13.2 Å². The van der Waals surface area contributed by atoms with E-state index in [1.807, 2.05) is 12.1 Å². The number of fused-ring (bicyclic) bond motifs is 1. The SMILES string of the molecule is O=C1N(c2ccc(Br)cc2)[C@@H]2CS(=O)(=O)C[C@H]2N1c1ccccc1Cl. The topological polar surface area (TPSA) is 57.7 Å². The predicted octanol–water partition coefficient (Wildman–Crippen LogP) is 3.71. The highest BCUT2D eigenvalue weighted by Gasteiger charge is 2.54. The van der Waals surface area contributed by atoms with Crippen LogP contribution in [0, 0.1) is 0 Å². The summed E-state index contributed by atoms with van der Waals surface area (Å²) >= 11 is 9.65. The first-order valence-electron chi connectivity index (χ1n) is 7.70. The Morgan fingerprint density at radius 1 is 0.960 bits per heavy atom. The number of carbonyl (C=O) groups is 1. The average Bonchev–Trinajstić information content (AvgIpc) is 2.99. The summed E-state index contributed by atoms with van der Waals surface area (Å²) in [6.07, 6.45) is 0. The fourth-order valence-corrected chi connectivity index (χ4v) is 5.95. The largest absolute Gasteiger partial charge is 0.329 e. The van der Waals surface area contributed by atoms with Gasteiger partial charge < -0.3 is 0 Å². The van der Waals surface area contributed by atoms with Gasteiger partial charge in [-0.15, -0.1) is 0 Å². The lowest BCUT2D eigenvalue weighted by Crippen LogP contribution is -2.38. The zero-order chi connectivity index (χ0) is 17.8. The Hall–Kier alpha value is -1.57. The van der Waals surface area contributed by atoms with Gasteiger partial charge in [0.15, 0.2) is 9.84 Å². The summed E-state index contributed by atoms with van der Waals surface area (Å²) in [5.74, 6) is -0.0952. The maximum Gasteiger partial charge on any atom is 0.329 e. The molecule has 2 saturated heterocycles. The second kappa shape index (κ2) is 6.00. The van der Waals surface area contributed by atoms with E-state index in [9.17, 15) is 13.2 Å². The van der Waals surface area contributed by atoms with Gasteiger partial charge >= 0.3 is 6.03 Å². The fraction of sp³-hybridized carbons (Fsp3) is 0.235. The molecule has 0 unspecified atom stereocenters. The first-order valence-corrected chi connectivity index (χ1v) is 10.7. The Kier molecular flexibility index (Phi) is 4.05. The molecule has 25 heavy (non-hydrogen) atoms. The molecule has 130 valence electrons. The van der Waals surface area contributed by atoms with Crippen molar-refractivity contribution in [2.45, 2.75) is 12.1 Å². The summed E-state index contributed by atoms with van der Waals surface area (Å²) in [5, 5.41) is 0.427. The summed E-state index contributed by atoms with van der Waals surface area (Å²) in [6, 6.07) is 13.2. The molecular weight excluding hydrogens is 428 g/mol. The van der Waals surface area contributed by atoms with E-state index >= 15 is 0 Å². The minimum Gasteiger partial charge on any atom is -0.288 e. The molecule has 0 radical (unpaired) electrons. The third kappa shape index (κ3) is 2.84. The molecule has 2 fully saturated rings. The third-order valence-electron chi connectivity index (χ3n) is 4.59. The highest BCUT2D eigenvalue weighted by Crippen LogP contribution is 2.40. The van der Waals surface area contributed by atoms with E-state index in [0.29, 0.717) is 16.4 Å². The maximum absolute atomic E-state index is 13.2. The number of carbonyl (C=O) groups excluding carboxylic acids is 1. The van der Waals surface area contributed by atoms with Gasteiger partial charge in [0.25, 0.3) is 0 Å². The molecule has 0 bridgehead atoms. The Morgan fingerprint density at radius 3 is 2.20 bits per heavy atom. The number of hydrogen-bond acceptors (Lipinski definition) is 3. The van der Waals surface area contributed by atoms with E-state index in [1.165, 1.54) is 4.90 Å². The number of nitrogens with zero attached hydrogens (tertiary/aromatic N) is 2. The van der Waals surface area contributed by atoms with Gasteiger partial charge in [0.2, 0.25) is 0 Å². The average molecular weight is 442 g/mol. The number of amides is 2. The molecule has 2 aromatic rings. The minimum absolute atomic E-state index is 0.0412. The molecule has 0 spiro atoms. The van der Waals surface area contributed by atoms with Crippen LogP contribution in [0.3, 0.4) is 0 Å². The van der Waals surface area contributed by atoms with Crippen molar-refractivity contribution in [1.82, 2.24) is 0 Å². The number of anilines is 2. The molecule has 8 heteroatoms. The molecule has 2 aliphatic rings. The molecule has 0 saturated carbocycles. The molecule has 2 heterocycles. The van der Waals surface area contributed by atoms with Crippen molar-refractivity contribution in [3.63, 3.8) is 0 Å². The van der Waals surface area contributed by atoms with Gasteiger partial charge in [-0.3, -0.25) is 9.80 Å². The van der Waals surface area contributed by atoms with E-state index in [-0.39, 0.29) is 17.5 Å². The molecule has 2 aromatic carbocycles. The number of rotatable bonds is 2. The molecule has 2 aliphatic heterocycles. The van der Waals surface area contributed by atoms with Gasteiger partial charge in [-0.05, 0) is 36.4 Å². The van der Waals surface area contributed by atoms with Crippen molar-refractivity contribution in [3.05, 3.63) is 58.0 Å². The quantitative estimate of drug-likeness (QED) is 0.668. The van der Waals surface area contributed by atoms with Gasteiger partial charge in [0, 0.05) is 10.2 Å². The normalized spacial score (nSPS) is 24.6. The number of benzene rings is 2. The molecular formula is C17H14BrClN2O3S. The summed E-state index contributed by atoms with van der Waals surface area (Å²) < 4.78 is 25.4. The monoisotopic (exact) mass is 440 g/mol. The van der Waals surface area contributed by atoms with Crippen molar-refractivity contribution >= 4 is 54.8 Å². The van der Waals surface area contributed by atoms with Crippen LogP contribution in [0.2, 0.25) is 5.02 Å². The number of sulfone groups is 1. The highest BCUT2D eigenvalue weighted by atomic mass is 79.9. The van der Waals surface area contributed by atoms with Crippen LogP contribution in [0.5, 0.6) is 0 Å². The molecule has 0 aliphatic carbocycles. The van der Waals surface area contributed by atoms with Crippen LogP contribution in [0.15, 0.2) is 53.0 Å². The Balaban J connectivity index is 1.83. The van der Waals surface area contributed by atoms with Gasteiger partial charge in [0.1, 0.15) is 0 Å². The van der Waals surface area contributed by atoms with Crippen LogP contribution in [0.4, 0.5) is 16.2 Å². The Bertz CT molecular complexity index is 949. The predicted molar refractivity (Wildman–Crippen MR) is 102 cm³/mol. The number of urea groups is 1. The first-order chi connectivity index (χ1) is 11.9. The summed E-state index contributed by atoms with van der Waals surface area (Å²) in [6.45, 7) is 0. The van der Waals surface area contributed by atoms with Crippen LogP contribution in [-0.2, 0) is 9.84 Å². The minimum atomic E-state index is -3.22. The van der Waals surface area contributed by atoms with E-state index < -0.39 is 21.9 Å². The first kappa shape index (κ1) is 16.9. The zero-order valence-electron chi connectivity index (χ0n) is 13.0. The highest BCUT2D eigenvalue weighted by molar-refractivity contribution is 9.10. The van der Waals surface area contributed by atoms with Crippen molar-refractivity contribution in [1.29, 1.82) is 0 Å². The number of para-hydroxylation sites is 1. The summed E-state index contributed by atoms with van der Waals surface area (Å²) in [5.41, 5.74) is 1.22.